The predicted octanol–water partition coefficient (Wildman–Crippen LogP) is 4.46. The maximum atomic E-state index is 13.1. The summed E-state index contributed by atoms with van der Waals surface area (Å²) in [6.07, 6.45) is 0. The number of phenols is 1. The van der Waals surface area contributed by atoms with Crippen molar-refractivity contribution < 1.29 is 14.3 Å². The smallest absolute Gasteiger partial charge is 0.318 e. The lowest BCUT2D eigenvalue weighted by Gasteiger charge is -2.27. The molecule has 2 aromatic rings. The topological polar surface area (TPSA) is 52.6 Å². The first-order valence-corrected chi connectivity index (χ1v) is 8.44. The van der Waals surface area contributed by atoms with E-state index in [1.807, 2.05) is 26.8 Å². The first-order chi connectivity index (χ1) is 11.9. The number of hydrogen-bond acceptors (Lipinski definition) is 2. The lowest BCUT2D eigenvalue weighted by atomic mass is 10.1. The van der Waals surface area contributed by atoms with Gasteiger partial charge in [0.05, 0.1) is 6.04 Å². The second-order valence-corrected chi connectivity index (χ2v) is 6.63. The summed E-state index contributed by atoms with van der Waals surface area (Å²) in [5, 5.41) is 12.9. The number of carbonyl (C=O) groups excluding carboxylic acids is 1. The highest BCUT2D eigenvalue weighted by Gasteiger charge is 2.19. The van der Waals surface area contributed by atoms with Crippen LogP contribution in [0, 0.1) is 11.7 Å². The minimum atomic E-state index is -0.323. The average Bonchev–Trinajstić information content (AvgIpc) is 2.56. The lowest BCUT2D eigenvalue weighted by molar-refractivity contribution is 0.184. The molecular weight excluding hydrogens is 319 g/mol. The summed E-state index contributed by atoms with van der Waals surface area (Å²) in [6.45, 7) is 6.89. The lowest BCUT2D eigenvalue weighted by Crippen LogP contribution is -2.42. The molecule has 0 radical (unpaired) electrons. The minimum Gasteiger partial charge on any atom is -0.508 e. The van der Waals surface area contributed by atoms with Crippen molar-refractivity contribution in [2.24, 2.45) is 5.92 Å². The van der Waals surface area contributed by atoms with E-state index in [1.54, 1.807) is 35.2 Å². The summed E-state index contributed by atoms with van der Waals surface area (Å²) in [6, 6.07) is 12.6. The SMILES string of the molecule is CC(C)CN(Cc1ccc(F)cc1)C(=O)N[C@@H](C)c1ccccc1O. The second kappa shape index (κ2) is 8.51. The second-order valence-electron chi connectivity index (χ2n) is 6.63. The van der Waals surface area contributed by atoms with Gasteiger partial charge in [0.25, 0.3) is 0 Å². The number of amides is 2. The average molecular weight is 344 g/mol. The number of phenolic OH excluding ortho intramolecular Hbond substituents is 1. The molecule has 0 bridgehead atoms. The maximum absolute atomic E-state index is 13.1. The predicted molar refractivity (Wildman–Crippen MR) is 96.7 cm³/mol. The molecule has 2 N–H and O–H groups in total. The van der Waals surface area contributed by atoms with E-state index in [0.29, 0.717) is 24.6 Å². The Morgan fingerprint density at radius 2 is 1.76 bits per heavy atom. The third kappa shape index (κ3) is 5.48. The van der Waals surface area contributed by atoms with E-state index < -0.39 is 0 Å². The van der Waals surface area contributed by atoms with Gasteiger partial charge in [0.1, 0.15) is 11.6 Å². The van der Waals surface area contributed by atoms with Crippen molar-refractivity contribution >= 4 is 6.03 Å². The highest BCUT2D eigenvalue weighted by atomic mass is 19.1. The van der Waals surface area contributed by atoms with Crippen molar-refractivity contribution in [3.8, 4) is 5.75 Å². The van der Waals surface area contributed by atoms with Crippen molar-refractivity contribution in [1.29, 1.82) is 0 Å². The number of urea groups is 1. The van der Waals surface area contributed by atoms with E-state index in [-0.39, 0.29) is 23.6 Å². The first kappa shape index (κ1) is 18.8. The summed E-state index contributed by atoms with van der Waals surface area (Å²) in [5.74, 6) is 0.160. The van der Waals surface area contributed by atoms with Gasteiger partial charge >= 0.3 is 6.03 Å². The molecule has 2 amide bonds. The molecule has 0 aliphatic carbocycles. The standard InChI is InChI=1S/C20H25FN2O2/c1-14(2)12-23(13-16-8-10-17(21)11-9-16)20(25)22-15(3)18-6-4-5-7-19(18)24/h4-11,14-15,24H,12-13H2,1-3H3,(H,22,25)/t15-/m0/s1. The van der Waals surface area contributed by atoms with Crippen LogP contribution in [0.4, 0.5) is 9.18 Å². The number of aromatic hydroxyl groups is 1. The zero-order chi connectivity index (χ0) is 18.4. The molecule has 0 aromatic heterocycles. The van der Waals surface area contributed by atoms with Crippen LogP contribution in [0.5, 0.6) is 5.75 Å². The highest BCUT2D eigenvalue weighted by Crippen LogP contribution is 2.23. The van der Waals surface area contributed by atoms with Gasteiger partial charge in [-0.3, -0.25) is 0 Å². The highest BCUT2D eigenvalue weighted by molar-refractivity contribution is 5.75. The summed E-state index contributed by atoms with van der Waals surface area (Å²) in [7, 11) is 0. The Hall–Kier alpha value is -2.56. The zero-order valence-electron chi connectivity index (χ0n) is 14.9. The van der Waals surface area contributed by atoms with Crippen molar-refractivity contribution in [2.45, 2.75) is 33.4 Å². The molecule has 0 unspecified atom stereocenters. The van der Waals surface area contributed by atoms with E-state index in [0.717, 1.165) is 5.56 Å². The Morgan fingerprint density at radius 3 is 2.36 bits per heavy atom. The van der Waals surface area contributed by atoms with Gasteiger partial charge in [0.2, 0.25) is 0 Å². The van der Waals surface area contributed by atoms with Gasteiger partial charge in [-0.15, -0.1) is 0 Å². The molecule has 5 heteroatoms. The Bertz CT molecular complexity index is 701. The normalized spacial score (nSPS) is 12.0. The zero-order valence-corrected chi connectivity index (χ0v) is 14.9. The molecule has 1 atom stereocenters. The van der Waals surface area contributed by atoms with Crippen LogP contribution in [-0.4, -0.2) is 22.6 Å². The fourth-order valence-corrected chi connectivity index (χ4v) is 2.68. The number of carbonyl (C=O) groups is 1. The van der Waals surface area contributed by atoms with E-state index in [1.165, 1.54) is 12.1 Å². The van der Waals surface area contributed by atoms with Crippen LogP contribution in [0.2, 0.25) is 0 Å². The molecule has 25 heavy (non-hydrogen) atoms. The first-order valence-electron chi connectivity index (χ1n) is 8.44. The van der Waals surface area contributed by atoms with Gasteiger partial charge in [-0.2, -0.15) is 0 Å². The number of rotatable bonds is 6. The van der Waals surface area contributed by atoms with Crippen LogP contribution >= 0.6 is 0 Å². The number of halogens is 1. The summed E-state index contributed by atoms with van der Waals surface area (Å²) in [4.78, 5) is 14.4. The fraction of sp³-hybridized carbons (Fsp3) is 0.350. The van der Waals surface area contributed by atoms with Crippen LogP contribution in [-0.2, 0) is 6.54 Å². The van der Waals surface area contributed by atoms with Gasteiger partial charge in [-0.1, -0.05) is 44.2 Å². The van der Waals surface area contributed by atoms with Crippen LogP contribution in [0.1, 0.15) is 37.9 Å². The van der Waals surface area contributed by atoms with Crippen molar-refractivity contribution in [3.63, 3.8) is 0 Å². The molecule has 0 saturated heterocycles. The monoisotopic (exact) mass is 344 g/mol. The number of para-hydroxylation sites is 1. The molecule has 4 nitrogen and oxygen atoms in total. The molecular formula is C20H25FN2O2. The van der Waals surface area contributed by atoms with Gasteiger partial charge in [0, 0.05) is 18.7 Å². The number of nitrogens with one attached hydrogen (secondary N) is 1. The Balaban J connectivity index is 2.09. The van der Waals surface area contributed by atoms with Crippen LogP contribution < -0.4 is 5.32 Å². The van der Waals surface area contributed by atoms with Crippen LogP contribution in [0.3, 0.4) is 0 Å². The molecule has 2 aromatic carbocycles. The van der Waals surface area contributed by atoms with Crippen molar-refractivity contribution in [3.05, 3.63) is 65.5 Å². The minimum absolute atomic E-state index is 0.157. The molecule has 0 spiro atoms. The fourth-order valence-electron chi connectivity index (χ4n) is 2.68. The number of nitrogens with zero attached hydrogens (tertiary/aromatic N) is 1. The van der Waals surface area contributed by atoms with Gasteiger partial charge in [0.15, 0.2) is 0 Å². The maximum Gasteiger partial charge on any atom is 0.318 e. The molecule has 134 valence electrons. The summed E-state index contributed by atoms with van der Waals surface area (Å²) >= 11 is 0. The third-order valence-corrected chi connectivity index (χ3v) is 3.90. The third-order valence-electron chi connectivity index (χ3n) is 3.90. The van der Waals surface area contributed by atoms with Gasteiger partial charge in [-0.25, -0.2) is 9.18 Å². The molecule has 0 saturated carbocycles. The van der Waals surface area contributed by atoms with Crippen LogP contribution in [0.15, 0.2) is 48.5 Å². The molecule has 0 aliphatic rings. The van der Waals surface area contributed by atoms with Crippen molar-refractivity contribution in [1.82, 2.24) is 10.2 Å². The molecule has 0 fully saturated rings. The molecule has 2 rings (SSSR count). The Morgan fingerprint density at radius 1 is 1.12 bits per heavy atom. The Kier molecular flexibility index (Phi) is 6.39. The summed E-state index contributed by atoms with van der Waals surface area (Å²) in [5.41, 5.74) is 1.54. The quantitative estimate of drug-likeness (QED) is 0.813. The Labute approximate surface area is 148 Å². The van der Waals surface area contributed by atoms with Gasteiger partial charge in [-0.05, 0) is 36.6 Å². The summed E-state index contributed by atoms with van der Waals surface area (Å²) < 4.78 is 13.1. The van der Waals surface area contributed by atoms with Crippen LogP contribution in [0.25, 0.3) is 0 Å². The van der Waals surface area contributed by atoms with E-state index in [4.69, 9.17) is 0 Å². The van der Waals surface area contributed by atoms with E-state index in [2.05, 4.69) is 5.32 Å². The van der Waals surface area contributed by atoms with E-state index in [9.17, 15) is 14.3 Å². The molecule has 0 aliphatic heterocycles. The van der Waals surface area contributed by atoms with E-state index >= 15 is 0 Å². The van der Waals surface area contributed by atoms with Gasteiger partial charge < -0.3 is 15.3 Å². The number of benzene rings is 2. The largest absolute Gasteiger partial charge is 0.508 e. The molecule has 0 heterocycles. The number of hydrogen-bond donors (Lipinski definition) is 2. The van der Waals surface area contributed by atoms with Crippen molar-refractivity contribution in [2.75, 3.05) is 6.54 Å².